The van der Waals surface area contributed by atoms with Crippen molar-refractivity contribution in [1.82, 2.24) is 4.98 Å². The molecular weight excluding hydrogens is 250 g/mol. The molecular formula is C12H7F4NO. The van der Waals surface area contributed by atoms with Crippen LogP contribution in [0.2, 0.25) is 0 Å². The van der Waals surface area contributed by atoms with E-state index in [0.717, 1.165) is 12.1 Å². The van der Waals surface area contributed by atoms with Crippen LogP contribution in [0.25, 0.3) is 11.1 Å². The molecule has 1 aromatic carbocycles. The number of nitrogens with one attached hydrogen (secondary N) is 1. The minimum Gasteiger partial charge on any atom is -0.328 e. The van der Waals surface area contributed by atoms with E-state index in [1.54, 1.807) is 0 Å². The lowest BCUT2D eigenvalue weighted by Crippen LogP contribution is -2.06. The van der Waals surface area contributed by atoms with Crippen molar-refractivity contribution >= 4 is 0 Å². The van der Waals surface area contributed by atoms with Gasteiger partial charge in [0.1, 0.15) is 5.82 Å². The Bertz CT molecular complexity index is 610. The summed E-state index contributed by atoms with van der Waals surface area (Å²) in [6.45, 7) is 0. The Kier molecular flexibility index (Phi) is 2.94. The van der Waals surface area contributed by atoms with Crippen LogP contribution in [0, 0.1) is 5.82 Å². The van der Waals surface area contributed by atoms with Gasteiger partial charge in [-0.3, -0.25) is 4.79 Å². The number of hydrogen-bond donors (Lipinski definition) is 1. The molecule has 0 aliphatic heterocycles. The van der Waals surface area contributed by atoms with Crippen LogP contribution in [0.3, 0.4) is 0 Å². The Hall–Kier alpha value is -2.11. The van der Waals surface area contributed by atoms with E-state index < -0.39 is 23.1 Å². The first-order valence-electron chi connectivity index (χ1n) is 4.94. The first-order valence-corrected chi connectivity index (χ1v) is 4.94. The van der Waals surface area contributed by atoms with Crippen molar-refractivity contribution in [2.75, 3.05) is 0 Å². The average molecular weight is 257 g/mol. The van der Waals surface area contributed by atoms with Gasteiger partial charge in [-0.15, -0.1) is 0 Å². The number of benzene rings is 1. The predicted octanol–water partition coefficient (Wildman–Crippen LogP) is 3.20. The van der Waals surface area contributed by atoms with Crippen LogP contribution < -0.4 is 5.56 Å². The summed E-state index contributed by atoms with van der Waals surface area (Å²) in [7, 11) is 0. The SMILES string of the molecule is O=c1ccc(-c2cc(C(F)(F)F)ccc2F)c[nH]1. The first-order chi connectivity index (χ1) is 8.38. The lowest BCUT2D eigenvalue weighted by molar-refractivity contribution is -0.137. The number of aromatic nitrogens is 1. The zero-order chi connectivity index (χ0) is 13.3. The zero-order valence-electron chi connectivity index (χ0n) is 8.88. The van der Waals surface area contributed by atoms with Gasteiger partial charge >= 0.3 is 6.18 Å². The Morgan fingerprint density at radius 1 is 1.06 bits per heavy atom. The first kappa shape index (κ1) is 12.3. The fourth-order valence-corrected chi connectivity index (χ4v) is 1.50. The van der Waals surface area contributed by atoms with Crippen LogP contribution in [0.5, 0.6) is 0 Å². The number of rotatable bonds is 1. The molecule has 0 saturated carbocycles. The average Bonchev–Trinajstić information content (AvgIpc) is 2.29. The Labute approximate surface area is 98.9 Å². The van der Waals surface area contributed by atoms with E-state index in [0.29, 0.717) is 12.1 Å². The monoisotopic (exact) mass is 257 g/mol. The number of H-pyrrole nitrogens is 1. The highest BCUT2D eigenvalue weighted by Crippen LogP contribution is 2.33. The molecule has 18 heavy (non-hydrogen) atoms. The van der Waals surface area contributed by atoms with Gasteiger partial charge in [-0.2, -0.15) is 13.2 Å². The van der Waals surface area contributed by atoms with Crippen LogP contribution >= 0.6 is 0 Å². The minimum absolute atomic E-state index is 0.179. The van der Waals surface area contributed by atoms with Crippen molar-refractivity contribution < 1.29 is 17.6 Å². The van der Waals surface area contributed by atoms with Gasteiger partial charge in [-0.05, 0) is 24.3 Å². The van der Waals surface area contributed by atoms with Crippen LogP contribution in [0.15, 0.2) is 41.3 Å². The van der Waals surface area contributed by atoms with Crippen molar-refractivity contribution in [2.45, 2.75) is 6.18 Å². The Morgan fingerprint density at radius 2 is 1.78 bits per heavy atom. The molecule has 0 saturated heterocycles. The molecule has 1 aromatic heterocycles. The van der Waals surface area contributed by atoms with Gasteiger partial charge < -0.3 is 4.98 Å². The summed E-state index contributed by atoms with van der Waals surface area (Å²) >= 11 is 0. The minimum atomic E-state index is -4.54. The molecule has 0 radical (unpaired) electrons. The summed E-state index contributed by atoms with van der Waals surface area (Å²) in [5.74, 6) is -0.782. The van der Waals surface area contributed by atoms with E-state index in [-0.39, 0.29) is 11.1 Å². The number of alkyl halides is 3. The highest BCUT2D eigenvalue weighted by Gasteiger charge is 2.31. The Morgan fingerprint density at radius 3 is 2.33 bits per heavy atom. The van der Waals surface area contributed by atoms with Crippen molar-refractivity contribution in [3.05, 3.63) is 58.3 Å². The van der Waals surface area contributed by atoms with E-state index in [1.165, 1.54) is 12.3 Å². The van der Waals surface area contributed by atoms with Gasteiger partial charge in [0.2, 0.25) is 5.56 Å². The van der Waals surface area contributed by atoms with Crippen molar-refractivity contribution in [1.29, 1.82) is 0 Å². The van der Waals surface area contributed by atoms with Gasteiger partial charge in [0.05, 0.1) is 5.56 Å². The van der Waals surface area contributed by atoms with E-state index in [1.807, 2.05) is 0 Å². The standard InChI is InChI=1S/C12H7F4NO/c13-10-3-2-8(12(14,15)16)5-9(10)7-1-4-11(18)17-6-7/h1-6H,(H,17,18). The second-order valence-corrected chi connectivity index (χ2v) is 3.63. The smallest absolute Gasteiger partial charge is 0.328 e. The quantitative estimate of drug-likeness (QED) is 0.782. The predicted molar refractivity (Wildman–Crippen MR) is 57.5 cm³/mol. The molecule has 0 aliphatic carbocycles. The molecule has 0 fully saturated rings. The Balaban J connectivity index is 2.56. The topological polar surface area (TPSA) is 32.9 Å². The number of aromatic amines is 1. The van der Waals surface area contributed by atoms with E-state index in [4.69, 9.17) is 0 Å². The maximum atomic E-state index is 13.5. The second-order valence-electron chi connectivity index (χ2n) is 3.63. The maximum Gasteiger partial charge on any atom is 0.416 e. The maximum absolute atomic E-state index is 13.5. The number of pyridine rings is 1. The van der Waals surface area contributed by atoms with E-state index in [2.05, 4.69) is 4.98 Å². The third-order valence-electron chi connectivity index (χ3n) is 2.39. The lowest BCUT2D eigenvalue weighted by Gasteiger charge is -2.09. The molecule has 1 N–H and O–H groups in total. The summed E-state index contributed by atoms with van der Waals surface area (Å²) in [6.07, 6.45) is -3.37. The molecule has 0 aliphatic rings. The summed E-state index contributed by atoms with van der Waals surface area (Å²) in [6, 6.07) is 4.52. The van der Waals surface area contributed by atoms with Crippen LogP contribution in [0.1, 0.15) is 5.56 Å². The molecule has 2 rings (SSSR count). The fourth-order valence-electron chi connectivity index (χ4n) is 1.50. The van der Waals surface area contributed by atoms with Gasteiger partial charge in [0.25, 0.3) is 0 Å². The zero-order valence-corrected chi connectivity index (χ0v) is 8.88. The van der Waals surface area contributed by atoms with Crippen LogP contribution in [-0.4, -0.2) is 4.98 Å². The van der Waals surface area contributed by atoms with Gasteiger partial charge in [0.15, 0.2) is 0 Å². The molecule has 2 nitrogen and oxygen atoms in total. The molecule has 6 heteroatoms. The molecule has 0 amide bonds. The molecule has 0 unspecified atom stereocenters. The van der Waals surface area contributed by atoms with Gasteiger partial charge in [-0.25, -0.2) is 4.39 Å². The van der Waals surface area contributed by atoms with E-state index in [9.17, 15) is 22.4 Å². The molecule has 2 aromatic rings. The number of halogens is 4. The van der Waals surface area contributed by atoms with Crippen LogP contribution in [0.4, 0.5) is 17.6 Å². The van der Waals surface area contributed by atoms with E-state index >= 15 is 0 Å². The molecule has 0 spiro atoms. The third kappa shape index (κ3) is 2.42. The molecule has 0 atom stereocenters. The van der Waals surface area contributed by atoms with Gasteiger partial charge in [-0.1, -0.05) is 0 Å². The highest BCUT2D eigenvalue weighted by atomic mass is 19.4. The molecule has 94 valence electrons. The van der Waals surface area contributed by atoms with Crippen molar-refractivity contribution in [2.24, 2.45) is 0 Å². The molecule has 1 heterocycles. The summed E-state index contributed by atoms with van der Waals surface area (Å²) in [5, 5.41) is 0. The summed E-state index contributed by atoms with van der Waals surface area (Å²) in [4.78, 5) is 13.1. The van der Waals surface area contributed by atoms with Crippen LogP contribution in [-0.2, 0) is 6.18 Å². The van der Waals surface area contributed by atoms with Crippen molar-refractivity contribution in [3.63, 3.8) is 0 Å². The molecule has 0 bridgehead atoms. The lowest BCUT2D eigenvalue weighted by atomic mass is 10.0. The van der Waals surface area contributed by atoms with Crippen molar-refractivity contribution in [3.8, 4) is 11.1 Å². The highest BCUT2D eigenvalue weighted by molar-refractivity contribution is 5.64. The normalized spacial score (nSPS) is 11.6. The fraction of sp³-hybridized carbons (Fsp3) is 0.0833. The second kappa shape index (κ2) is 4.29. The number of hydrogen-bond acceptors (Lipinski definition) is 1. The largest absolute Gasteiger partial charge is 0.416 e. The summed E-state index contributed by atoms with van der Waals surface area (Å²) < 4.78 is 51.0. The third-order valence-corrected chi connectivity index (χ3v) is 2.39. The summed E-state index contributed by atoms with van der Waals surface area (Å²) in [5.41, 5.74) is -1.38. The van der Waals surface area contributed by atoms with Gasteiger partial charge in [0, 0.05) is 23.4 Å².